The van der Waals surface area contributed by atoms with Crippen molar-refractivity contribution in [3.8, 4) is 0 Å². The number of aliphatic carboxylic acids is 1. The Hall–Kier alpha value is -3.12. The molecule has 1 saturated heterocycles. The van der Waals surface area contributed by atoms with Crippen LogP contribution in [0, 0.1) is 0 Å². The van der Waals surface area contributed by atoms with Crippen LogP contribution in [0.1, 0.15) is 22.3 Å². The molecule has 4 rings (SSSR count). The van der Waals surface area contributed by atoms with Crippen LogP contribution in [-0.2, 0) is 16.1 Å². The second-order valence-corrected chi connectivity index (χ2v) is 7.00. The highest BCUT2D eigenvalue weighted by Crippen LogP contribution is 2.25. The molecule has 0 saturated carbocycles. The van der Waals surface area contributed by atoms with Gasteiger partial charge in [0.1, 0.15) is 0 Å². The highest BCUT2D eigenvalue weighted by atomic mass is 16.5. The maximum absolute atomic E-state index is 13.3. The third kappa shape index (κ3) is 3.64. The van der Waals surface area contributed by atoms with Crippen LogP contribution in [0.3, 0.4) is 0 Å². The molecule has 0 bridgehead atoms. The Labute approximate surface area is 162 Å². The number of fused-ring (bicyclic) bond motifs is 1. The second kappa shape index (κ2) is 7.86. The number of amides is 1. The van der Waals surface area contributed by atoms with E-state index >= 15 is 0 Å². The average Bonchev–Trinajstić information content (AvgIpc) is 3.07. The van der Waals surface area contributed by atoms with Gasteiger partial charge < -0.3 is 19.3 Å². The number of morpholine rings is 1. The van der Waals surface area contributed by atoms with E-state index in [2.05, 4.69) is 16.7 Å². The topological polar surface area (TPSA) is 71.8 Å². The van der Waals surface area contributed by atoms with E-state index < -0.39 is 12.0 Å². The number of hydrogen-bond acceptors (Lipinski definition) is 3. The SMILES string of the molecule is O=C(O)CC1COCCN1C(=O)c1cn(Cc2ccccc2)c2ccccc12. The fourth-order valence-corrected chi connectivity index (χ4v) is 3.78. The van der Waals surface area contributed by atoms with Gasteiger partial charge in [0.2, 0.25) is 0 Å². The summed E-state index contributed by atoms with van der Waals surface area (Å²) >= 11 is 0. The van der Waals surface area contributed by atoms with E-state index in [4.69, 9.17) is 4.74 Å². The molecule has 1 atom stereocenters. The number of para-hydroxylation sites is 1. The van der Waals surface area contributed by atoms with Gasteiger partial charge in [0.25, 0.3) is 5.91 Å². The van der Waals surface area contributed by atoms with E-state index in [1.807, 2.05) is 48.7 Å². The number of hydrogen-bond donors (Lipinski definition) is 1. The number of aromatic nitrogens is 1. The van der Waals surface area contributed by atoms with E-state index in [0.29, 0.717) is 25.3 Å². The zero-order valence-corrected chi connectivity index (χ0v) is 15.5. The molecule has 1 N–H and O–H groups in total. The smallest absolute Gasteiger partial charge is 0.305 e. The van der Waals surface area contributed by atoms with Gasteiger partial charge in [0.15, 0.2) is 0 Å². The van der Waals surface area contributed by atoms with Gasteiger partial charge in [-0.05, 0) is 11.6 Å². The van der Waals surface area contributed by atoms with Crippen molar-refractivity contribution in [1.29, 1.82) is 0 Å². The zero-order valence-electron chi connectivity index (χ0n) is 15.5. The molecule has 6 heteroatoms. The summed E-state index contributed by atoms with van der Waals surface area (Å²) in [4.78, 5) is 26.2. The summed E-state index contributed by atoms with van der Waals surface area (Å²) < 4.78 is 7.48. The van der Waals surface area contributed by atoms with Crippen LogP contribution < -0.4 is 0 Å². The van der Waals surface area contributed by atoms with Crippen molar-refractivity contribution < 1.29 is 19.4 Å². The summed E-state index contributed by atoms with van der Waals surface area (Å²) in [7, 11) is 0. The Balaban J connectivity index is 1.70. The molecule has 0 spiro atoms. The van der Waals surface area contributed by atoms with Crippen LogP contribution in [0.4, 0.5) is 0 Å². The second-order valence-electron chi connectivity index (χ2n) is 7.00. The Morgan fingerprint density at radius 2 is 1.82 bits per heavy atom. The van der Waals surface area contributed by atoms with Crippen molar-refractivity contribution >= 4 is 22.8 Å². The molecule has 2 heterocycles. The normalized spacial score (nSPS) is 17.0. The number of carbonyl (C=O) groups is 2. The Morgan fingerprint density at radius 3 is 2.61 bits per heavy atom. The Morgan fingerprint density at radius 1 is 1.07 bits per heavy atom. The molecule has 28 heavy (non-hydrogen) atoms. The lowest BCUT2D eigenvalue weighted by molar-refractivity contribution is -0.139. The first-order valence-corrected chi connectivity index (χ1v) is 9.36. The summed E-state index contributed by atoms with van der Waals surface area (Å²) in [5.41, 5.74) is 2.74. The number of rotatable bonds is 5. The number of carboxylic acids is 1. The zero-order chi connectivity index (χ0) is 19.5. The summed E-state index contributed by atoms with van der Waals surface area (Å²) in [5.74, 6) is -1.07. The van der Waals surface area contributed by atoms with Crippen molar-refractivity contribution in [2.24, 2.45) is 0 Å². The van der Waals surface area contributed by atoms with Gasteiger partial charge in [-0.2, -0.15) is 0 Å². The average molecular weight is 378 g/mol. The van der Waals surface area contributed by atoms with Crippen LogP contribution in [0.2, 0.25) is 0 Å². The van der Waals surface area contributed by atoms with E-state index in [1.54, 1.807) is 4.90 Å². The molecule has 1 amide bonds. The lowest BCUT2D eigenvalue weighted by Crippen LogP contribution is -2.49. The molecular formula is C22H22N2O4. The van der Waals surface area contributed by atoms with Crippen molar-refractivity contribution in [1.82, 2.24) is 9.47 Å². The van der Waals surface area contributed by atoms with E-state index in [0.717, 1.165) is 16.5 Å². The third-order valence-electron chi connectivity index (χ3n) is 5.11. The maximum Gasteiger partial charge on any atom is 0.305 e. The predicted molar refractivity (Wildman–Crippen MR) is 105 cm³/mol. The fourth-order valence-electron chi connectivity index (χ4n) is 3.78. The molecule has 6 nitrogen and oxygen atoms in total. The standard InChI is InChI=1S/C22H22N2O4/c25-21(26)12-17-15-28-11-10-24(17)22(27)19-14-23(13-16-6-2-1-3-7-16)20-9-5-4-8-18(19)20/h1-9,14,17H,10-13,15H2,(H,25,26). The molecule has 1 aromatic heterocycles. The highest BCUT2D eigenvalue weighted by Gasteiger charge is 2.31. The van der Waals surface area contributed by atoms with Gasteiger partial charge in [-0.1, -0.05) is 48.5 Å². The van der Waals surface area contributed by atoms with E-state index in [9.17, 15) is 14.7 Å². The summed E-state index contributed by atoms with van der Waals surface area (Å²) in [6, 6.07) is 17.5. The molecule has 144 valence electrons. The highest BCUT2D eigenvalue weighted by molar-refractivity contribution is 6.07. The van der Waals surface area contributed by atoms with Crippen LogP contribution in [-0.4, -0.2) is 52.3 Å². The first-order chi connectivity index (χ1) is 13.6. The van der Waals surface area contributed by atoms with Crippen molar-refractivity contribution in [2.75, 3.05) is 19.8 Å². The van der Waals surface area contributed by atoms with Gasteiger partial charge in [-0.3, -0.25) is 9.59 Å². The summed E-state index contributed by atoms with van der Waals surface area (Å²) in [5, 5.41) is 10.1. The van der Waals surface area contributed by atoms with E-state index in [-0.39, 0.29) is 18.9 Å². The van der Waals surface area contributed by atoms with Gasteiger partial charge in [0.05, 0.1) is 31.2 Å². The molecule has 0 aliphatic carbocycles. The van der Waals surface area contributed by atoms with Gasteiger partial charge in [-0.15, -0.1) is 0 Å². The number of benzene rings is 2. The lowest BCUT2D eigenvalue weighted by atomic mass is 10.1. The van der Waals surface area contributed by atoms with Crippen LogP contribution >= 0.6 is 0 Å². The predicted octanol–water partition coefficient (Wildman–Crippen LogP) is 3.01. The first-order valence-electron chi connectivity index (χ1n) is 9.36. The first kappa shape index (κ1) is 18.3. The Kier molecular flexibility index (Phi) is 5.12. The molecule has 1 unspecified atom stereocenters. The molecule has 0 radical (unpaired) electrons. The van der Waals surface area contributed by atoms with Gasteiger partial charge in [-0.25, -0.2) is 0 Å². The van der Waals surface area contributed by atoms with Crippen LogP contribution in [0.5, 0.6) is 0 Å². The molecule has 2 aromatic carbocycles. The number of ether oxygens (including phenoxy) is 1. The quantitative estimate of drug-likeness (QED) is 0.741. The molecular weight excluding hydrogens is 356 g/mol. The monoisotopic (exact) mass is 378 g/mol. The van der Waals surface area contributed by atoms with Crippen LogP contribution in [0.25, 0.3) is 10.9 Å². The molecule has 1 fully saturated rings. The Bertz CT molecular complexity index is 996. The molecule has 1 aliphatic heterocycles. The summed E-state index contributed by atoms with van der Waals surface area (Å²) in [6.07, 6.45) is 1.77. The van der Waals surface area contributed by atoms with Crippen LogP contribution in [0.15, 0.2) is 60.8 Å². The lowest BCUT2D eigenvalue weighted by Gasteiger charge is -2.34. The maximum atomic E-state index is 13.3. The summed E-state index contributed by atoms with van der Waals surface area (Å²) in [6.45, 7) is 1.73. The van der Waals surface area contributed by atoms with Crippen molar-refractivity contribution in [3.05, 3.63) is 71.9 Å². The number of carboxylic acid groups (broad SMARTS) is 1. The fraction of sp³-hybridized carbons (Fsp3) is 0.273. The minimum Gasteiger partial charge on any atom is -0.481 e. The molecule has 1 aliphatic rings. The van der Waals surface area contributed by atoms with Crippen molar-refractivity contribution in [2.45, 2.75) is 19.0 Å². The number of carbonyl (C=O) groups excluding carboxylic acids is 1. The van der Waals surface area contributed by atoms with E-state index in [1.165, 1.54) is 0 Å². The van der Waals surface area contributed by atoms with Gasteiger partial charge in [0, 0.05) is 30.2 Å². The largest absolute Gasteiger partial charge is 0.481 e. The van der Waals surface area contributed by atoms with Crippen molar-refractivity contribution in [3.63, 3.8) is 0 Å². The van der Waals surface area contributed by atoms with Gasteiger partial charge >= 0.3 is 5.97 Å². The number of nitrogens with zero attached hydrogens (tertiary/aromatic N) is 2. The minimum atomic E-state index is -0.931. The molecule has 3 aromatic rings. The third-order valence-corrected chi connectivity index (χ3v) is 5.11. The minimum absolute atomic E-state index is 0.117.